The molecule has 0 aromatic heterocycles. The minimum atomic E-state index is 0.689. The maximum atomic E-state index is 5.63. The smallest absolute Gasteiger partial charge is 0.0499 e. The Morgan fingerprint density at radius 2 is 2.16 bits per heavy atom. The minimum absolute atomic E-state index is 0.689. The van der Waals surface area contributed by atoms with Gasteiger partial charge in [-0.3, -0.25) is 0 Å². The molecule has 1 aliphatic rings. The van der Waals surface area contributed by atoms with Crippen molar-refractivity contribution in [1.82, 2.24) is 0 Å². The van der Waals surface area contributed by atoms with E-state index >= 15 is 0 Å². The highest BCUT2D eigenvalue weighted by molar-refractivity contribution is 5.48. The first kappa shape index (κ1) is 14.3. The predicted molar refractivity (Wildman–Crippen MR) is 81.8 cm³/mol. The number of rotatable bonds is 6. The fraction of sp³-hybridized carbons (Fsp3) is 0.500. The lowest BCUT2D eigenvalue weighted by atomic mass is 9.82. The summed E-state index contributed by atoms with van der Waals surface area (Å²) >= 11 is 0. The predicted octanol–water partition coefficient (Wildman–Crippen LogP) is 4.89. The highest BCUT2D eigenvalue weighted by Gasteiger charge is 2.22. The monoisotopic (exact) mass is 257 g/mol. The molecule has 1 nitrogen and oxygen atoms in total. The van der Waals surface area contributed by atoms with E-state index in [-0.39, 0.29) is 0 Å². The topological polar surface area (TPSA) is 9.23 Å². The van der Waals surface area contributed by atoms with Crippen LogP contribution in [0.15, 0.2) is 36.4 Å². The molecular weight excluding hydrogens is 232 g/mol. The third-order valence-electron chi connectivity index (χ3n) is 3.80. The maximum Gasteiger partial charge on any atom is 0.0499 e. The van der Waals surface area contributed by atoms with Crippen LogP contribution in [-0.2, 0) is 4.74 Å². The highest BCUT2D eigenvalue weighted by atomic mass is 16.5. The van der Waals surface area contributed by atoms with Gasteiger partial charge in [0, 0.05) is 13.2 Å². The first-order chi connectivity index (χ1) is 9.40. The van der Waals surface area contributed by atoms with E-state index in [4.69, 9.17) is 4.74 Å². The Bertz CT molecular complexity index is 363. The SMILES string of the molecule is CCC[C](CC=Cc1ccccc1)C1CCCOC1. The quantitative estimate of drug-likeness (QED) is 0.705. The van der Waals surface area contributed by atoms with Gasteiger partial charge < -0.3 is 4.74 Å². The van der Waals surface area contributed by atoms with Crippen molar-refractivity contribution in [3.63, 3.8) is 0 Å². The van der Waals surface area contributed by atoms with E-state index in [1.54, 1.807) is 5.92 Å². The molecule has 1 aromatic rings. The Balaban J connectivity index is 1.87. The van der Waals surface area contributed by atoms with Crippen molar-refractivity contribution in [2.75, 3.05) is 13.2 Å². The van der Waals surface area contributed by atoms with E-state index in [2.05, 4.69) is 49.4 Å². The summed E-state index contributed by atoms with van der Waals surface area (Å²) in [5.74, 6) is 2.36. The van der Waals surface area contributed by atoms with Gasteiger partial charge in [-0.25, -0.2) is 0 Å². The van der Waals surface area contributed by atoms with Gasteiger partial charge in [-0.05, 0) is 43.1 Å². The van der Waals surface area contributed by atoms with Gasteiger partial charge in [0.2, 0.25) is 0 Å². The molecule has 0 amide bonds. The van der Waals surface area contributed by atoms with Gasteiger partial charge in [-0.2, -0.15) is 0 Å². The van der Waals surface area contributed by atoms with Gasteiger partial charge in [0.1, 0.15) is 0 Å². The van der Waals surface area contributed by atoms with Crippen LogP contribution in [0.3, 0.4) is 0 Å². The normalized spacial score (nSPS) is 20.2. The van der Waals surface area contributed by atoms with Crippen molar-refractivity contribution in [2.24, 2.45) is 5.92 Å². The molecule has 0 aliphatic carbocycles. The molecule has 1 radical (unpaired) electrons. The molecule has 1 atom stereocenters. The lowest BCUT2D eigenvalue weighted by Gasteiger charge is -2.29. The van der Waals surface area contributed by atoms with E-state index in [0.717, 1.165) is 19.6 Å². The lowest BCUT2D eigenvalue weighted by molar-refractivity contribution is 0.0574. The van der Waals surface area contributed by atoms with Gasteiger partial charge in [0.05, 0.1) is 0 Å². The molecule has 103 valence electrons. The summed E-state index contributed by atoms with van der Waals surface area (Å²) in [6, 6.07) is 10.5. The van der Waals surface area contributed by atoms with E-state index in [9.17, 15) is 0 Å². The van der Waals surface area contributed by atoms with E-state index in [1.807, 2.05) is 0 Å². The van der Waals surface area contributed by atoms with Gasteiger partial charge in [0.15, 0.2) is 0 Å². The van der Waals surface area contributed by atoms with Crippen LogP contribution in [0, 0.1) is 11.8 Å². The Kier molecular flexibility index (Phi) is 6.16. The second-order valence-corrected chi connectivity index (χ2v) is 5.34. The zero-order valence-electron chi connectivity index (χ0n) is 12.0. The highest BCUT2D eigenvalue weighted by Crippen LogP contribution is 2.31. The summed E-state index contributed by atoms with van der Waals surface area (Å²) in [6.45, 7) is 4.16. The average Bonchev–Trinajstić information content (AvgIpc) is 2.48. The van der Waals surface area contributed by atoms with Crippen LogP contribution < -0.4 is 0 Å². The average molecular weight is 257 g/mol. The Labute approximate surface area is 117 Å². The van der Waals surface area contributed by atoms with Crippen molar-refractivity contribution in [3.05, 3.63) is 47.9 Å². The zero-order chi connectivity index (χ0) is 13.3. The molecule has 1 heteroatoms. The minimum Gasteiger partial charge on any atom is -0.381 e. The molecule has 1 heterocycles. The lowest BCUT2D eigenvalue weighted by Crippen LogP contribution is -2.23. The Morgan fingerprint density at radius 3 is 2.84 bits per heavy atom. The molecule has 0 saturated carbocycles. The molecule has 0 bridgehead atoms. The van der Waals surface area contributed by atoms with Crippen molar-refractivity contribution in [1.29, 1.82) is 0 Å². The summed E-state index contributed by atoms with van der Waals surface area (Å²) in [5, 5.41) is 0. The van der Waals surface area contributed by atoms with Crippen LogP contribution in [0.1, 0.15) is 44.6 Å². The number of ether oxygens (including phenoxy) is 1. The van der Waals surface area contributed by atoms with Gasteiger partial charge in [-0.15, -0.1) is 0 Å². The molecule has 0 spiro atoms. The molecule has 1 aliphatic heterocycles. The first-order valence-electron chi connectivity index (χ1n) is 7.54. The Hall–Kier alpha value is -1.08. The van der Waals surface area contributed by atoms with Crippen molar-refractivity contribution in [2.45, 2.75) is 39.0 Å². The van der Waals surface area contributed by atoms with Crippen LogP contribution in [0.2, 0.25) is 0 Å². The third kappa shape index (κ3) is 4.83. The Morgan fingerprint density at radius 1 is 1.32 bits per heavy atom. The van der Waals surface area contributed by atoms with Crippen LogP contribution in [0.4, 0.5) is 0 Å². The molecule has 1 saturated heterocycles. The second kappa shape index (κ2) is 8.16. The fourth-order valence-corrected chi connectivity index (χ4v) is 2.77. The third-order valence-corrected chi connectivity index (χ3v) is 3.80. The van der Waals surface area contributed by atoms with Crippen LogP contribution in [-0.4, -0.2) is 13.2 Å². The molecule has 19 heavy (non-hydrogen) atoms. The fourth-order valence-electron chi connectivity index (χ4n) is 2.77. The standard InChI is InChI=1S/C18H25O/c1-2-8-17(18-13-7-14-19-15-18)12-6-11-16-9-4-3-5-10-16/h3-6,9-11,18H,2,7-8,12-15H2,1H3. The van der Waals surface area contributed by atoms with Gasteiger partial charge >= 0.3 is 0 Å². The van der Waals surface area contributed by atoms with Gasteiger partial charge in [0.25, 0.3) is 0 Å². The van der Waals surface area contributed by atoms with E-state index in [0.29, 0.717) is 5.92 Å². The number of hydrogen-bond donors (Lipinski definition) is 0. The second-order valence-electron chi connectivity index (χ2n) is 5.34. The summed E-state index contributed by atoms with van der Waals surface area (Å²) in [7, 11) is 0. The summed E-state index contributed by atoms with van der Waals surface area (Å²) in [6.07, 6.45) is 10.7. The number of benzene rings is 1. The van der Waals surface area contributed by atoms with Crippen LogP contribution in [0.25, 0.3) is 6.08 Å². The first-order valence-corrected chi connectivity index (χ1v) is 7.54. The van der Waals surface area contributed by atoms with Crippen molar-refractivity contribution in [3.8, 4) is 0 Å². The van der Waals surface area contributed by atoms with Crippen molar-refractivity contribution < 1.29 is 4.74 Å². The number of hydrogen-bond acceptors (Lipinski definition) is 1. The summed E-state index contributed by atoms with van der Waals surface area (Å²) in [5.41, 5.74) is 1.29. The van der Waals surface area contributed by atoms with Crippen LogP contribution >= 0.6 is 0 Å². The van der Waals surface area contributed by atoms with Crippen molar-refractivity contribution >= 4 is 6.08 Å². The molecule has 1 fully saturated rings. The summed E-state index contributed by atoms with van der Waals surface area (Å²) in [4.78, 5) is 0. The molecule has 0 N–H and O–H groups in total. The summed E-state index contributed by atoms with van der Waals surface area (Å²) < 4.78 is 5.63. The zero-order valence-corrected chi connectivity index (χ0v) is 12.0. The number of allylic oxidation sites excluding steroid dienone is 1. The molecular formula is C18H25O. The van der Waals surface area contributed by atoms with Gasteiger partial charge in [-0.1, -0.05) is 55.8 Å². The van der Waals surface area contributed by atoms with E-state index in [1.165, 1.54) is 31.2 Å². The molecule has 2 rings (SSSR count). The molecule has 1 unspecified atom stereocenters. The van der Waals surface area contributed by atoms with E-state index < -0.39 is 0 Å². The largest absolute Gasteiger partial charge is 0.381 e. The molecule has 1 aromatic carbocycles. The maximum absolute atomic E-state index is 5.63. The van der Waals surface area contributed by atoms with Crippen LogP contribution in [0.5, 0.6) is 0 Å².